The molecule has 0 aromatic carbocycles. The molecule has 16 heavy (non-hydrogen) atoms. The summed E-state index contributed by atoms with van der Waals surface area (Å²) in [7, 11) is 0. The van der Waals surface area contributed by atoms with Crippen LogP contribution in [0, 0.1) is 11.8 Å². The molecule has 0 aliphatic rings. The van der Waals surface area contributed by atoms with Gasteiger partial charge in [-0.1, -0.05) is 20.8 Å². The minimum atomic E-state index is -0.0881. The molecular formula is C13H27NO2. The van der Waals surface area contributed by atoms with E-state index in [-0.39, 0.29) is 17.4 Å². The molecule has 1 unspecified atom stereocenters. The van der Waals surface area contributed by atoms with Crippen molar-refractivity contribution in [1.29, 1.82) is 0 Å². The number of ether oxygens (including phenoxy) is 1. The van der Waals surface area contributed by atoms with Crippen molar-refractivity contribution in [3.05, 3.63) is 0 Å². The summed E-state index contributed by atoms with van der Waals surface area (Å²) in [5.74, 6) is 0.625. The summed E-state index contributed by atoms with van der Waals surface area (Å²) in [4.78, 5) is 11.6. The van der Waals surface area contributed by atoms with Crippen LogP contribution in [0.5, 0.6) is 0 Å². The normalized spacial score (nSPS) is 13.9. The first-order chi connectivity index (χ1) is 7.24. The fourth-order valence-corrected chi connectivity index (χ4v) is 1.13. The van der Waals surface area contributed by atoms with Crippen molar-refractivity contribution >= 4 is 5.91 Å². The predicted molar refractivity (Wildman–Crippen MR) is 67.3 cm³/mol. The van der Waals surface area contributed by atoms with Gasteiger partial charge in [-0.25, -0.2) is 0 Å². The van der Waals surface area contributed by atoms with Gasteiger partial charge >= 0.3 is 0 Å². The third kappa shape index (κ3) is 7.69. The molecule has 0 aliphatic carbocycles. The smallest absolute Gasteiger partial charge is 0.223 e. The van der Waals surface area contributed by atoms with E-state index in [0.29, 0.717) is 19.1 Å². The number of carbonyl (C=O) groups excluding carboxylic acids is 1. The summed E-state index contributed by atoms with van der Waals surface area (Å²) in [6.07, 6.45) is 0.869. The molecule has 0 fully saturated rings. The average molecular weight is 229 g/mol. The van der Waals surface area contributed by atoms with E-state index in [0.717, 1.165) is 6.42 Å². The molecule has 0 radical (unpaired) electrons. The van der Waals surface area contributed by atoms with Crippen molar-refractivity contribution in [1.82, 2.24) is 5.32 Å². The second-order valence-electron chi connectivity index (χ2n) is 5.64. The van der Waals surface area contributed by atoms with Crippen LogP contribution in [0.25, 0.3) is 0 Å². The van der Waals surface area contributed by atoms with Crippen LogP contribution < -0.4 is 5.32 Å². The van der Waals surface area contributed by atoms with Crippen LogP contribution in [-0.2, 0) is 9.53 Å². The van der Waals surface area contributed by atoms with Gasteiger partial charge in [-0.2, -0.15) is 0 Å². The molecule has 1 amide bonds. The molecule has 3 heteroatoms. The Morgan fingerprint density at radius 2 is 1.81 bits per heavy atom. The van der Waals surface area contributed by atoms with E-state index in [1.54, 1.807) is 0 Å². The molecule has 1 atom stereocenters. The van der Waals surface area contributed by atoms with Crippen molar-refractivity contribution in [2.75, 3.05) is 13.2 Å². The zero-order valence-electron chi connectivity index (χ0n) is 11.6. The largest absolute Gasteiger partial charge is 0.376 e. The lowest BCUT2D eigenvalue weighted by molar-refractivity contribution is -0.125. The van der Waals surface area contributed by atoms with Gasteiger partial charge in [0.15, 0.2) is 0 Å². The van der Waals surface area contributed by atoms with Crippen LogP contribution in [0.3, 0.4) is 0 Å². The summed E-state index contributed by atoms with van der Waals surface area (Å²) in [5, 5.41) is 2.93. The highest BCUT2D eigenvalue weighted by atomic mass is 16.5. The van der Waals surface area contributed by atoms with E-state index < -0.39 is 0 Å². The number of amides is 1. The Morgan fingerprint density at radius 1 is 1.25 bits per heavy atom. The molecule has 96 valence electrons. The highest BCUT2D eigenvalue weighted by molar-refractivity contribution is 5.78. The molecular weight excluding hydrogens is 202 g/mol. The van der Waals surface area contributed by atoms with Gasteiger partial charge in [0.1, 0.15) is 0 Å². The van der Waals surface area contributed by atoms with Crippen molar-refractivity contribution in [3.8, 4) is 0 Å². The standard InChI is InChI=1S/C13H27NO2/c1-10(2)11(3)12(15)14-8-7-9-16-13(4,5)6/h10-11H,7-9H2,1-6H3,(H,14,15). The van der Waals surface area contributed by atoms with E-state index in [2.05, 4.69) is 19.2 Å². The zero-order valence-corrected chi connectivity index (χ0v) is 11.6. The summed E-state index contributed by atoms with van der Waals surface area (Å²) in [5.41, 5.74) is -0.0881. The highest BCUT2D eigenvalue weighted by Gasteiger charge is 2.15. The lowest BCUT2D eigenvalue weighted by Gasteiger charge is -2.20. The van der Waals surface area contributed by atoms with Crippen LogP contribution >= 0.6 is 0 Å². The number of carbonyl (C=O) groups is 1. The Hall–Kier alpha value is -0.570. The molecule has 0 aromatic heterocycles. The Balaban J connectivity index is 3.56. The molecule has 0 saturated carbocycles. The van der Waals surface area contributed by atoms with Crippen LogP contribution in [-0.4, -0.2) is 24.7 Å². The molecule has 3 nitrogen and oxygen atoms in total. The van der Waals surface area contributed by atoms with Crippen LogP contribution in [0.15, 0.2) is 0 Å². The van der Waals surface area contributed by atoms with Gasteiger partial charge in [-0.05, 0) is 33.1 Å². The van der Waals surface area contributed by atoms with Crippen LogP contribution in [0.4, 0.5) is 0 Å². The number of hydrogen-bond donors (Lipinski definition) is 1. The minimum absolute atomic E-state index is 0.0866. The fourth-order valence-electron chi connectivity index (χ4n) is 1.13. The first-order valence-electron chi connectivity index (χ1n) is 6.15. The summed E-state index contributed by atoms with van der Waals surface area (Å²) in [6, 6.07) is 0. The number of hydrogen-bond acceptors (Lipinski definition) is 2. The van der Waals surface area contributed by atoms with E-state index in [4.69, 9.17) is 4.74 Å². The molecule has 0 rings (SSSR count). The predicted octanol–water partition coefficient (Wildman–Crippen LogP) is 2.60. The second-order valence-corrected chi connectivity index (χ2v) is 5.64. The Morgan fingerprint density at radius 3 is 2.25 bits per heavy atom. The number of rotatable bonds is 6. The third-order valence-electron chi connectivity index (χ3n) is 2.57. The Labute approximate surface area is 99.9 Å². The quantitative estimate of drug-likeness (QED) is 0.711. The Bertz CT molecular complexity index is 206. The maximum absolute atomic E-state index is 11.6. The van der Waals surface area contributed by atoms with E-state index in [9.17, 15) is 4.79 Å². The molecule has 0 saturated heterocycles. The van der Waals surface area contributed by atoms with Gasteiger partial charge in [-0.15, -0.1) is 0 Å². The lowest BCUT2D eigenvalue weighted by atomic mass is 9.97. The van der Waals surface area contributed by atoms with E-state index in [1.165, 1.54) is 0 Å². The molecule has 0 aliphatic heterocycles. The molecule has 0 spiro atoms. The topological polar surface area (TPSA) is 38.3 Å². The minimum Gasteiger partial charge on any atom is -0.376 e. The average Bonchev–Trinajstić information content (AvgIpc) is 2.13. The summed E-state index contributed by atoms with van der Waals surface area (Å²) in [6.45, 7) is 13.6. The van der Waals surface area contributed by atoms with E-state index >= 15 is 0 Å². The van der Waals surface area contributed by atoms with Crippen molar-refractivity contribution in [3.63, 3.8) is 0 Å². The maximum atomic E-state index is 11.6. The summed E-state index contributed by atoms with van der Waals surface area (Å²) < 4.78 is 5.57. The second kappa shape index (κ2) is 6.89. The van der Waals surface area contributed by atoms with Crippen LogP contribution in [0.1, 0.15) is 48.0 Å². The van der Waals surface area contributed by atoms with E-state index in [1.807, 2.05) is 27.7 Å². The monoisotopic (exact) mass is 229 g/mol. The molecule has 1 N–H and O–H groups in total. The first kappa shape index (κ1) is 15.4. The number of nitrogens with one attached hydrogen (secondary N) is 1. The third-order valence-corrected chi connectivity index (χ3v) is 2.57. The van der Waals surface area contributed by atoms with Gasteiger partial charge in [0.05, 0.1) is 5.60 Å². The van der Waals surface area contributed by atoms with Crippen LogP contribution in [0.2, 0.25) is 0 Å². The summed E-state index contributed by atoms with van der Waals surface area (Å²) >= 11 is 0. The zero-order chi connectivity index (χ0) is 12.8. The SMILES string of the molecule is CC(C)C(C)C(=O)NCCCOC(C)(C)C. The lowest BCUT2D eigenvalue weighted by Crippen LogP contribution is -2.33. The van der Waals surface area contributed by atoms with Gasteiger partial charge in [0.2, 0.25) is 5.91 Å². The van der Waals surface area contributed by atoms with Gasteiger partial charge in [0.25, 0.3) is 0 Å². The fraction of sp³-hybridized carbons (Fsp3) is 0.923. The molecule has 0 aromatic rings. The molecule has 0 heterocycles. The van der Waals surface area contributed by atoms with Gasteiger partial charge in [-0.3, -0.25) is 4.79 Å². The molecule has 0 bridgehead atoms. The van der Waals surface area contributed by atoms with Crippen molar-refractivity contribution in [2.45, 2.75) is 53.6 Å². The van der Waals surface area contributed by atoms with Gasteiger partial charge < -0.3 is 10.1 Å². The Kier molecular flexibility index (Phi) is 6.65. The highest BCUT2D eigenvalue weighted by Crippen LogP contribution is 2.09. The van der Waals surface area contributed by atoms with Gasteiger partial charge in [0, 0.05) is 19.1 Å². The van der Waals surface area contributed by atoms with Crippen molar-refractivity contribution < 1.29 is 9.53 Å². The first-order valence-corrected chi connectivity index (χ1v) is 6.15. The maximum Gasteiger partial charge on any atom is 0.223 e. The van der Waals surface area contributed by atoms with Crippen molar-refractivity contribution in [2.24, 2.45) is 11.8 Å².